The molecule has 1 N–H and O–H groups in total. The van der Waals surface area contributed by atoms with Gasteiger partial charge in [0, 0.05) is 33.0 Å². The zero-order valence-corrected chi connectivity index (χ0v) is 9.43. The van der Waals surface area contributed by atoms with Gasteiger partial charge in [0.15, 0.2) is 0 Å². The second kappa shape index (κ2) is 4.09. The van der Waals surface area contributed by atoms with Gasteiger partial charge in [0.05, 0.1) is 12.5 Å². The summed E-state index contributed by atoms with van der Waals surface area (Å²) in [7, 11) is 3.47. The fourth-order valence-corrected chi connectivity index (χ4v) is 1.82. The first-order valence-corrected chi connectivity index (χ1v) is 5.22. The largest absolute Gasteiger partial charge is 0.357 e. The van der Waals surface area contributed by atoms with E-state index in [0.717, 1.165) is 5.56 Å². The molecule has 0 bridgehead atoms. The minimum Gasteiger partial charge on any atom is -0.357 e. The standard InChI is InChI=1S/C11H15N3O2/c1-13-4-3-8(7-13)6-12-9-5-10(15)14(2)11(9)16/h3-4,7,9,12H,5-6H2,1-2H3. The first kappa shape index (κ1) is 10.9. The molecular formula is C11H15N3O2. The van der Waals surface area contributed by atoms with Crippen LogP contribution in [0, 0.1) is 0 Å². The van der Waals surface area contributed by atoms with Crippen molar-refractivity contribution in [3.63, 3.8) is 0 Å². The molecule has 1 aromatic heterocycles. The van der Waals surface area contributed by atoms with Crippen LogP contribution in [0.1, 0.15) is 12.0 Å². The van der Waals surface area contributed by atoms with Gasteiger partial charge < -0.3 is 9.88 Å². The number of likely N-dealkylation sites (N-methyl/N-ethyl adjacent to an activating group) is 1. The molecule has 1 saturated heterocycles. The summed E-state index contributed by atoms with van der Waals surface area (Å²) in [5, 5.41) is 3.10. The molecule has 2 amide bonds. The molecule has 16 heavy (non-hydrogen) atoms. The maximum absolute atomic E-state index is 11.6. The van der Waals surface area contributed by atoms with Gasteiger partial charge in [-0.05, 0) is 11.6 Å². The molecule has 1 fully saturated rings. The molecular weight excluding hydrogens is 206 g/mol. The monoisotopic (exact) mass is 221 g/mol. The Morgan fingerprint density at radius 1 is 1.44 bits per heavy atom. The summed E-state index contributed by atoms with van der Waals surface area (Å²) in [6, 6.07) is 1.62. The lowest BCUT2D eigenvalue weighted by Gasteiger charge is -2.09. The number of rotatable bonds is 3. The van der Waals surface area contributed by atoms with Crippen molar-refractivity contribution in [2.24, 2.45) is 7.05 Å². The summed E-state index contributed by atoms with van der Waals surface area (Å²) < 4.78 is 1.95. The molecule has 5 heteroatoms. The third-order valence-corrected chi connectivity index (χ3v) is 2.83. The molecule has 0 radical (unpaired) electrons. The summed E-state index contributed by atoms with van der Waals surface area (Å²) in [5.41, 5.74) is 1.11. The van der Waals surface area contributed by atoms with Crippen LogP contribution in [0.4, 0.5) is 0 Å². The molecule has 5 nitrogen and oxygen atoms in total. The van der Waals surface area contributed by atoms with E-state index in [1.54, 1.807) is 0 Å². The van der Waals surface area contributed by atoms with Crippen LogP contribution in [0.2, 0.25) is 0 Å². The molecule has 86 valence electrons. The first-order chi connectivity index (χ1) is 7.58. The number of imide groups is 1. The summed E-state index contributed by atoms with van der Waals surface area (Å²) in [5.74, 6) is -0.253. The highest BCUT2D eigenvalue weighted by Crippen LogP contribution is 2.11. The number of hydrogen-bond acceptors (Lipinski definition) is 3. The van der Waals surface area contributed by atoms with Gasteiger partial charge in [0.25, 0.3) is 0 Å². The van der Waals surface area contributed by atoms with Gasteiger partial charge in [0.2, 0.25) is 11.8 Å². The molecule has 2 heterocycles. The molecule has 0 saturated carbocycles. The number of nitrogens with one attached hydrogen (secondary N) is 1. The third kappa shape index (κ3) is 1.99. The van der Waals surface area contributed by atoms with Crippen molar-refractivity contribution < 1.29 is 9.59 Å². The molecule has 2 rings (SSSR count). The predicted molar refractivity (Wildman–Crippen MR) is 58.4 cm³/mol. The van der Waals surface area contributed by atoms with Gasteiger partial charge >= 0.3 is 0 Å². The van der Waals surface area contributed by atoms with Crippen molar-refractivity contribution in [2.45, 2.75) is 19.0 Å². The summed E-state index contributed by atoms with van der Waals surface area (Å²) in [4.78, 5) is 24.0. The molecule has 0 aliphatic carbocycles. The third-order valence-electron chi connectivity index (χ3n) is 2.83. The highest BCUT2D eigenvalue weighted by Gasteiger charge is 2.35. The van der Waals surface area contributed by atoms with E-state index in [1.807, 2.05) is 30.1 Å². The number of carbonyl (C=O) groups is 2. The van der Waals surface area contributed by atoms with Crippen LogP contribution in [0.3, 0.4) is 0 Å². The number of likely N-dealkylation sites (tertiary alicyclic amines) is 1. The highest BCUT2D eigenvalue weighted by molar-refractivity contribution is 6.05. The van der Waals surface area contributed by atoms with Crippen LogP contribution in [-0.2, 0) is 23.2 Å². The van der Waals surface area contributed by atoms with Crippen molar-refractivity contribution in [3.05, 3.63) is 24.0 Å². The number of aromatic nitrogens is 1. The van der Waals surface area contributed by atoms with Crippen LogP contribution in [0.5, 0.6) is 0 Å². The quantitative estimate of drug-likeness (QED) is 0.723. The minimum atomic E-state index is -0.363. The lowest BCUT2D eigenvalue weighted by molar-refractivity contribution is -0.137. The van der Waals surface area contributed by atoms with Gasteiger partial charge in [0.1, 0.15) is 0 Å². The van der Waals surface area contributed by atoms with E-state index in [9.17, 15) is 9.59 Å². The van der Waals surface area contributed by atoms with Crippen molar-refractivity contribution in [1.82, 2.24) is 14.8 Å². The Hall–Kier alpha value is -1.62. The average Bonchev–Trinajstić information content (AvgIpc) is 2.76. The Morgan fingerprint density at radius 2 is 2.19 bits per heavy atom. The number of aryl methyl sites for hydroxylation is 1. The average molecular weight is 221 g/mol. The van der Waals surface area contributed by atoms with Gasteiger partial charge in [-0.25, -0.2) is 0 Å². The van der Waals surface area contributed by atoms with Gasteiger partial charge in [-0.3, -0.25) is 14.5 Å². The summed E-state index contributed by atoms with van der Waals surface area (Å²) >= 11 is 0. The Morgan fingerprint density at radius 3 is 2.69 bits per heavy atom. The molecule has 0 spiro atoms. The van der Waals surface area contributed by atoms with Crippen LogP contribution >= 0.6 is 0 Å². The number of hydrogen-bond donors (Lipinski definition) is 1. The van der Waals surface area contributed by atoms with Crippen molar-refractivity contribution in [2.75, 3.05) is 7.05 Å². The smallest absolute Gasteiger partial charge is 0.246 e. The van der Waals surface area contributed by atoms with E-state index in [1.165, 1.54) is 11.9 Å². The number of nitrogens with zero attached hydrogens (tertiary/aromatic N) is 2. The van der Waals surface area contributed by atoms with Crippen molar-refractivity contribution >= 4 is 11.8 Å². The SMILES string of the molecule is CN1C(=O)CC(NCc2ccn(C)c2)C1=O. The Bertz CT molecular complexity index is 425. The zero-order chi connectivity index (χ0) is 11.7. The zero-order valence-electron chi connectivity index (χ0n) is 9.43. The van der Waals surface area contributed by atoms with Crippen LogP contribution < -0.4 is 5.32 Å². The lowest BCUT2D eigenvalue weighted by atomic mass is 10.2. The van der Waals surface area contributed by atoms with E-state index in [2.05, 4.69) is 5.32 Å². The fourth-order valence-electron chi connectivity index (χ4n) is 1.82. The highest BCUT2D eigenvalue weighted by atomic mass is 16.2. The molecule has 1 atom stereocenters. The van der Waals surface area contributed by atoms with Crippen molar-refractivity contribution in [3.8, 4) is 0 Å². The molecule has 1 aliphatic rings. The van der Waals surface area contributed by atoms with E-state index >= 15 is 0 Å². The Balaban J connectivity index is 1.92. The number of carbonyl (C=O) groups excluding carboxylic acids is 2. The minimum absolute atomic E-state index is 0.115. The van der Waals surface area contributed by atoms with Crippen LogP contribution in [0.25, 0.3) is 0 Å². The van der Waals surface area contributed by atoms with E-state index in [4.69, 9.17) is 0 Å². The maximum Gasteiger partial charge on any atom is 0.246 e. The second-order valence-corrected chi connectivity index (χ2v) is 4.11. The van der Waals surface area contributed by atoms with Gasteiger partial charge in [-0.1, -0.05) is 0 Å². The summed E-state index contributed by atoms with van der Waals surface area (Å²) in [6.45, 7) is 0.609. The maximum atomic E-state index is 11.6. The normalized spacial score (nSPS) is 20.9. The van der Waals surface area contributed by atoms with Crippen LogP contribution in [0.15, 0.2) is 18.5 Å². The lowest BCUT2D eigenvalue weighted by Crippen LogP contribution is -2.36. The summed E-state index contributed by atoms with van der Waals surface area (Å²) in [6.07, 6.45) is 4.20. The molecule has 1 aromatic rings. The predicted octanol–water partition coefficient (Wildman–Crippen LogP) is -0.128. The van der Waals surface area contributed by atoms with E-state index < -0.39 is 0 Å². The Kier molecular flexibility index (Phi) is 2.78. The topological polar surface area (TPSA) is 54.3 Å². The van der Waals surface area contributed by atoms with Gasteiger partial charge in [-0.15, -0.1) is 0 Å². The second-order valence-electron chi connectivity index (χ2n) is 4.11. The fraction of sp³-hybridized carbons (Fsp3) is 0.455. The van der Waals surface area contributed by atoms with E-state index in [0.29, 0.717) is 6.54 Å². The van der Waals surface area contributed by atoms with E-state index in [-0.39, 0.29) is 24.3 Å². The molecule has 0 aromatic carbocycles. The molecule has 1 unspecified atom stereocenters. The first-order valence-electron chi connectivity index (χ1n) is 5.22. The Labute approximate surface area is 94.0 Å². The number of amides is 2. The van der Waals surface area contributed by atoms with Crippen molar-refractivity contribution in [1.29, 1.82) is 0 Å². The van der Waals surface area contributed by atoms with Crippen LogP contribution in [-0.4, -0.2) is 34.4 Å². The molecule has 1 aliphatic heterocycles. The van der Waals surface area contributed by atoms with Gasteiger partial charge in [-0.2, -0.15) is 0 Å².